The fraction of sp³-hybridized carbons (Fsp3) is 0.375. The molecule has 0 bridgehead atoms. The molecule has 2 saturated heterocycles. The minimum Gasteiger partial charge on any atom is -0.444 e. The predicted molar refractivity (Wildman–Crippen MR) is 84.9 cm³/mol. The van der Waals surface area contributed by atoms with Gasteiger partial charge in [0, 0.05) is 26.2 Å². The van der Waals surface area contributed by atoms with Crippen molar-refractivity contribution in [1.82, 2.24) is 15.2 Å². The Kier molecular flexibility index (Phi) is 4.37. The molecule has 3 heterocycles. The van der Waals surface area contributed by atoms with E-state index in [-0.39, 0.29) is 29.8 Å². The van der Waals surface area contributed by atoms with Crippen LogP contribution in [0.2, 0.25) is 0 Å². The van der Waals surface area contributed by atoms with Gasteiger partial charge in [-0.3, -0.25) is 4.79 Å². The number of carbonyl (C=O) groups excluding carboxylic acids is 1. The lowest BCUT2D eigenvalue weighted by atomic mass is 10.0. The number of oxazole rings is 1. The Morgan fingerprint density at radius 3 is 2.70 bits per heavy atom. The lowest BCUT2D eigenvalue weighted by molar-refractivity contribution is 0.0781. The van der Waals surface area contributed by atoms with Gasteiger partial charge in [0.2, 0.25) is 5.89 Å². The van der Waals surface area contributed by atoms with Gasteiger partial charge in [0.15, 0.2) is 0 Å². The van der Waals surface area contributed by atoms with Crippen molar-refractivity contribution in [1.29, 1.82) is 0 Å². The molecule has 2 aliphatic rings. The monoisotopic (exact) mass is 337 g/mol. The van der Waals surface area contributed by atoms with Crippen LogP contribution < -0.4 is 5.32 Å². The van der Waals surface area contributed by atoms with E-state index < -0.39 is 5.82 Å². The number of likely N-dealkylation sites (tertiary alicyclic amines) is 1. The van der Waals surface area contributed by atoms with Gasteiger partial charge in [-0.05, 0) is 24.0 Å². The number of nitrogens with zero attached hydrogens (tertiary/aromatic N) is 2. The molecule has 0 aliphatic carbocycles. The van der Waals surface area contributed by atoms with Crippen molar-refractivity contribution in [3.8, 4) is 11.5 Å². The molecule has 122 valence electrons. The van der Waals surface area contributed by atoms with E-state index in [4.69, 9.17) is 4.42 Å². The van der Waals surface area contributed by atoms with Crippen LogP contribution in [-0.4, -0.2) is 42.0 Å². The van der Waals surface area contributed by atoms with Gasteiger partial charge in [-0.1, -0.05) is 6.07 Å². The molecule has 0 spiro atoms. The van der Waals surface area contributed by atoms with Crippen molar-refractivity contribution in [2.75, 3.05) is 26.2 Å². The normalized spacial score (nSPS) is 22.7. The standard InChI is InChI=1S/C16H16FN3O2.ClH/c17-13-3-1-2-12(14(13)15-19-4-5-22-15)16(21)20-8-10-6-18-7-11(10)9-20;/h1-5,10-11,18H,6-9H2;1H. The topological polar surface area (TPSA) is 58.4 Å². The van der Waals surface area contributed by atoms with Crippen molar-refractivity contribution in [3.63, 3.8) is 0 Å². The van der Waals surface area contributed by atoms with Crippen LogP contribution in [0.4, 0.5) is 4.39 Å². The van der Waals surface area contributed by atoms with Gasteiger partial charge in [0.05, 0.1) is 17.3 Å². The van der Waals surface area contributed by atoms with Gasteiger partial charge in [0.1, 0.15) is 12.1 Å². The summed E-state index contributed by atoms with van der Waals surface area (Å²) in [6, 6.07) is 4.50. The summed E-state index contributed by atoms with van der Waals surface area (Å²) in [5.41, 5.74) is 0.461. The molecule has 1 aromatic carbocycles. The molecule has 1 N–H and O–H groups in total. The first-order valence-electron chi connectivity index (χ1n) is 7.42. The number of aromatic nitrogens is 1. The molecule has 2 aliphatic heterocycles. The van der Waals surface area contributed by atoms with Gasteiger partial charge in [-0.25, -0.2) is 9.37 Å². The largest absolute Gasteiger partial charge is 0.444 e. The van der Waals surface area contributed by atoms with E-state index in [9.17, 15) is 9.18 Å². The molecular weight excluding hydrogens is 321 g/mol. The zero-order valence-electron chi connectivity index (χ0n) is 12.4. The number of hydrogen-bond donors (Lipinski definition) is 1. The van der Waals surface area contributed by atoms with Crippen LogP contribution in [0, 0.1) is 17.7 Å². The minimum absolute atomic E-state index is 0. The number of carbonyl (C=O) groups is 1. The summed E-state index contributed by atoms with van der Waals surface area (Å²) >= 11 is 0. The molecular formula is C16H17ClFN3O2. The second kappa shape index (κ2) is 6.29. The maximum absolute atomic E-state index is 14.2. The van der Waals surface area contributed by atoms with Crippen molar-refractivity contribution in [2.24, 2.45) is 11.8 Å². The number of amides is 1. The Bertz CT molecular complexity index is 695. The highest BCUT2D eigenvalue weighted by Gasteiger charge is 2.39. The number of halogens is 2. The van der Waals surface area contributed by atoms with Gasteiger partial charge in [-0.2, -0.15) is 0 Å². The maximum atomic E-state index is 14.2. The summed E-state index contributed by atoms with van der Waals surface area (Å²) in [6.45, 7) is 3.34. The minimum atomic E-state index is -0.491. The molecule has 0 saturated carbocycles. The lowest BCUT2D eigenvalue weighted by Gasteiger charge is -2.19. The second-order valence-corrected chi connectivity index (χ2v) is 5.89. The fourth-order valence-electron chi connectivity index (χ4n) is 3.46. The van der Waals surface area contributed by atoms with E-state index >= 15 is 0 Å². The van der Waals surface area contributed by atoms with Gasteiger partial charge in [0.25, 0.3) is 5.91 Å². The zero-order chi connectivity index (χ0) is 15.1. The summed E-state index contributed by atoms with van der Waals surface area (Å²) in [7, 11) is 0. The van der Waals surface area contributed by atoms with Gasteiger partial charge < -0.3 is 14.6 Å². The number of benzene rings is 1. The highest BCUT2D eigenvalue weighted by atomic mass is 35.5. The first-order chi connectivity index (χ1) is 10.7. The molecule has 7 heteroatoms. The van der Waals surface area contributed by atoms with Crippen LogP contribution in [0.25, 0.3) is 11.5 Å². The third kappa shape index (κ3) is 2.72. The van der Waals surface area contributed by atoms with Gasteiger partial charge in [-0.15, -0.1) is 12.4 Å². The van der Waals surface area contributed by atoms with Gasteiger partial charge >= 0.3 is 0 Å². The third-order valence-electron chi connectivity index (χ3n) is 4.57. The molecule has 2 fully saturated rings. The van der Waals surface area contributed by atoms with Crippen LogP contribution in [0.1, 0.15) is 10.4 Å². The van der Waals surface area contributed by atoms with E-state index in [1.54, 1.807) is 12.1 Å². The number of hydrogen-bond acceptors (Lipinski definition) is 4. The molecule has 0 radical (unpaired) electrons. The second-order valence-electron chi connectivity index (χ2n) is 5.89. The zero-order valence-corrected chi connectivity index (χ0v) is 13.2. The van der Waals surface area contributed by atoms with Crippen LogP contribution >= 0.6 is 12.4 Å². The average Bonchev–Trinajstić information content (AvgIpc) is 3.22. The smallest absolute Gasteiger partial charge is 0.254 e. The third-order valence-corrected chi connectivity index (χ3v) is 4.57. The first kappa shape index (κ1) is 16.0. The van der Waals surface area contributed by atoms with Crippen LogP contribution in [0.5, 0.6) is 0 Å². The molecule has 2 aromatic rings. The molecule has 4 rings (SSSR count). The van der Waals surface area contributed by atoms with E-state index in [0.29, 0.717) is 17.4 Å². The molecule has 23 heavy (non-hydrogen) atoms. The lowest BCUT2D eigenvalue weighted by Crippen LogP contribution is -2.32. The molecule has 5 nitrogen and oxygen atoms in total. The fourth-order valence-corrected chi connectivity index (χ4v) is 3.46. The van der Waals surface area contributed by atoms with E-state index in [0.717, 1.165) is 26.2 Å². The van der Waals surface area contributed by atoms with Crippen LogP contribution in [0.15, 0.2) is 35.1 Å². The van der Waals surface area contributed by atoms with Crippen molar-refractivity contribution < 1.29 is 13.6 Å². The summed E-state index contributed by atoms with van der Waals surface area (Å²) in [6.07, 6.45) is 2.82. The first-order valence-corrected chi connectivity index (χ1v) is 7.42. The highest BCUT2D eigenvalue weighted by Crippen LogP contribution is 2.31. The van der Waals surface area contributed by atoms with E-state index in [2.05, 4.69) is 10.3 Å². The Balaban J connectivity index is 0.00000156. The average molecular weight is 338 g/mol. The molecule has 2 unspecified atom stereocenters. The summed E-state index contributed by atoms with van der Waals surface area (Å²) < 4.78 is 19.4. The Morgan fingerprint density at radius 2 is 2.04 bits per heavy atom. The predicted octanol–water partition coefficient (Wildman–Crippen LogP) is 2.19. The van der Waals surface area contributed by atoms with Crippen molar-refractivity contribution >= 4 is 18.3 Å². The van der Waals surface area contributed by atoms with Crippen molar-refractivity contribution in [2.45, 2.75) is 0 Å². The quantitative estimate of drug-likeness (QED) is 0.912. The molecule has 1 amide bonds. The Labute approximate surface area is 139 Å². The summed E-state index contributed by atoms with van der Waals surface area (Å²) in [4.78, 5) is 18.6. The molecule has 2 atom stereocenters. The van der Waals surface area contributed by atoms with E-state index in [1.165, 1.54) is 18.5 Å². The number of nitrogens with one attached hydrogen (secondary N) is 1. The maximum Gasteiger partial charge on any atom is 0.254 e. The van der Waals surface area contributed by atoms with Crippen LogP contribution in [0.3, 0.4) is 0 Å². The summed E-state index contributed by atoms with van der Waals surface area (Å²) in [5, 5.41) is 3.34. The Hall–Kier alpha value is -1.92. The highest BCUT2D eigenvalue weighted by molar-refractivity contribution is 6.00. The van der Waals surface area contributed by atoms with Crippen LogP contribution in [-0.2, 0) is 0 Å². The Morgan fingerprint density at radius 1 is 1.30 bits per heavy atom. The molecule has 1 aromatic heterocycles. The van der Waals surface area contributed by atoms with E-state index in [1.807, 2.05) is 4.90 Å². The SMILES string of the molecule is Cl.O=C(c1cccc(F)c1-c1ncco1)N1CC2CNCC2C1. The van der Waals surface area contributed by atoms with Crippen molar-refractivity contribution in [3.05, 3.63) is 42.0 Å². The summed E-state index contributed by atoms with van der Waals surface area (Å²) in [5.74, 6) is 0.504. The number of fused-ring (bicyclic) bond motifs is 1. The number of rotatable bonds is 2.